The first-order valence-corrected chi connectivity index (χ1v) is 5.95. The fourth-order valence-corrected chi connectivity index (χ4v) is 2.09. The van der Waals surface area contributed by atoms with Gasteiger partial charge in [0.1, 0.15) is 12.4 Å². The summed E-state index contributed by atoms with van der Waals surface area (Å²) >= 11 is 5.72. The minimum absolute atomic E-state index is 0.287. The fourth-order valence-electron chi connectivity index (χ4n) is 1.94. The number of halogens is 2. The first-order chi connectivity index (χ1) is 8.74. The maximum Gasteiger partial charge on any atom is 0.162 e. The standard InChI is InChI=1S/C14H10ClFO2/c15-9-5-6-10(11(16)7-9)14-8-17-12-3-1-2-4-13(12)18-14/h1-7,14H,8H2. The van der Waals surface area contributed by atoms with Gasteiger partial charge in [0.25, 0.3) is 0 Å². The molecule has 92 valence electrons. The molecule has 2 nitrogen and oxygen atoms in total. The number of hydrogen-bond donors (Lipinski definition) is 0. The molecule has 0 saturated carbocycles. The SMILES string of the molecule is Fc1cc(Cl)ccc1C1COc2ccccc2O1. The van der Waals surface area contributed by atoms with E-state index < -0.39 is 6.10 Å². The van der Waals surface area contributed by atoms with Crippen LogP contribution < -0.4 is 9.47 Å². The maximum atomic E-state index is 13.8. The van der Waals surface area contributed by atoms with Gasteiger partial charge in [-0.05, 0) is 24.3 Å². The van der Waals surface area contributed by atoms with Crippen LogP contribution in [0.1, 0.15) is 11.7 Å². The van der Waals surface area contributed by atoms with E-state index in [1.165, 1.54) is 6.07 Å². The third-order valence-electron chi connectivity index (χ3n) is 2.82. The van der Waals surface area contributed by atoms with Crippen molar-refractivity contribution in [2.45, 2.75) is 6.10 Å². The lowest BCUT2D eigenvalue weighted by Crippen LogP contribution is -2.22. The molecule has 3 rings (SSSR count). The van der Waals surface area contributed by atoms with E-state index in [1.54, 1.807) is 18.2 Å². The summed E-state index contributed by atoms with van der Waals surface area (Å²) in [4.78, 5) is 0. The molecule has 1 aliphatic heterocycles. The number of para-hydroxylation sites is 2. The Hall–Kier alpha value is -1.74. The van der Waals surface area contributed by atoms with Gasteiger partial charge in [0.2, 0.25) is 0 Å². The minimum atomic E-state index is -0.447. The summed E-state index contributed by atoms with van der Waals surface area (Å²) in [5.74, 6) is 0.932. The number of fused-ring (bicyclic) bond motifs is 1. The molecule has 0 aromatic heterocycles. The predicted octanol–water partition coefficient (Wildman–Crippen LogP) is 3.99. The van der Waals surface area contributed by atoms with E-state index in [-0.39, 0.29) is 12.4 Å². The Morgan fingerprint density at radius 3 is 2.67 bits per heavy atom. The first-order valence-electron chi connectivity index (χ1n) is 5.57. The highest BCUT2D eigenvalue weighted by Gasteiger charge is 2.24. The molecule has 0 radical (unpaired) electrons. The number of benzene rings is 2. The molecule has 1 unspecified atom stereocenters. The zero-order chi connectivity index (χ0) is 12.5. The van der Waals surface area contributed by atoms with Gasteiger partial charge in [-0.15, -0.1) is 0 Å². The molecule has 18 heavy (non-hydrogen) atoms. The molecule has 0 fully saturated rings. The Bertz CT molecular complexity index is 586. The third-order valence-corrected chi connectivity index (χ3v) is 3.05. The second kappa shape index (κ2) is 4.50. The average Bonchev–Trinajstić information content (AvgIpc) is 2.38. The molecule has 4 heteroatoms. The maximum absolute atomic E-state index is 13.8. The normalized spacial score (nSPS) is 17.6. The molecule has 0 saturated heterocycles. The molecular formula is C14H10ClFO2. The lowest BCUT2D eigenvalue weighted by Gasteiger charge is -2.26. The molecular weight excluding hydrogens is 255 g/mol. The lowest BCUT2D eigenvalue weighted by molar-refractivity contribution is 0.0886. The molecule has 1 atom stereocenters. The van der Waals surface area contributed by atoms with Crippen molar-refractivity contribution in [2.75, 3.05) is 6.61 Å². The largest absolute Gasteiger partial charge is 0.485 e. The Morgan fingerprint density at radius 2 is 1.89 bits per heavy atom. The van der Waals surface area contributed by atoms with Gasteiger partial charge in [-0.25, -0.2) is 4.39 Å². The summed E-state index contributed by atoms with van der Waals surface area (Å²) < 4.78 is 25.1. The summed E-state index contributed by atoms with van der Waals surface area (Å²) in [6, 6.07) is 11.9. The summed E-state index contributed by atoms with van der Waals surface area (Å²) in [7, 11) is 0. The van der Waals surface area contributed by atoms with Crippen LogP contribution in [0.5, 0.6) is 11.5 Å². The molecule has 2 aromatic rings. The molecule has 1 heterocycles. The van der Waals surface area contributed by atoms with Gasteiger partial charge in [0.05, 0.1) is 0 Å². The predicted molar refractivity (Wildman–Crippen MR) is 66.7 cm³/mol. The van der Waals surface area contributed by atoms with Crippen LogP contribution >= 0.6 is 11.6 Å². The van der Waals surface area contributed by atoms with Crippen molar-refractivity contribution in [3.8, 4) is 11.5 Å². The van der Waals surface area contributed by atoms with Crippen LogP contribution in [-0.2, 0) is 0 Å². The van der Waals surface area contributed by atoms with Gasteiger partial charge in [0, 0.05) is 10.6 Å². The van der Waals surface area contributed by atoms with E-state index in [9.17, 15) is 4.39 Å². The Balaban J connectivity index is 1.92. The summed E-state index contributed by atoms with van der Waals surface area (Å²) in [6.07, 6.45) is -0.447. The smallest absolute Gasteiger partial charge is 0.162 e. The van der Waals surface area contributed by atoms with Crippen molar-refractivity contribution in [3.05, 3.63) is 58.9 Å². The van der Waals surface area contributed by atoms with Gasteiger partial charge in [0.15, 0.2) is 17.6 Å². The molecule has 1 aliphatic rings. The van der Waals surface area contributed by atoms with Crippen molar-refractivity contribution in [1.29, 1.82) is 0 Å². The van der Waals surface area contributed by atoms with Crippen LogP contribution in [0.4, 0.5) is 4.39 Å². The van der Waals surface area contributed by atoms with Gasteiger partial charge in [-0.2, -0.15) is 0 Å². The number of hydrogen-bond acceptors (Lipinski definition) is 2. The van der Waals surface area contributed by atoms with Crippen LogP contribution in [0.25, 0.3) is 0 Å². The third kappa shape index (κ3) is 2.02. The summed E-state index contributed by atoms with van der Waals surface area (Å²) in [5.41, 5.74) is 0.453. The first kappa shape index (κ1) is 11.4. The van der Waals surface area contributed by atoms with E-state index >= 15 is 0 Å². The fraction of sp³-hybridized carbons (Fsp3) is 0.143. The zero-order valence-electron chi connectivity index (χ0n) is 9.40. The van der Waals surface area contributed by atoms with Gasteiger partial charge < -0.3 is 9.47 Å². The molecule has 0 amide bonds. The topological polar surface area (TPSA) is 18.5 Å². The van der Waals surface area contributed by atoms with Crippen molar-refractivity contribution >= 4 is 11.6 Å². The summed E-state index contributed by atoms with van der Waals surface area (Å²) in [6.45, 7) is 0.287. The minimum Gasteiger partial charge on any atom is -0.485 e. The van der Waals surface area contributed by atoms with Crippen molar-refractivity contribution in [1.82, 2.24) is 0 Å². The Kier molecular flexibility index (Phi) is 2.84. The van der Waals surface area contributed by atoms with E-state index in [4.69, 9.17) is 21.1 Å². The molecule has 0 aliphatic carbocycles. The molecule has 0 N–H and O–H groups in total. The number of ether oxygens (including phenoxy) is 2. The quantitative estimate of drug-likeness (QED) is 0.775. The second-order valence-corrected chi connectivity index (χ2v) is 4.47. The van der Waals surface area contributed by atoms with Gasteiger partial charge in [-0.3, -0.25) is 0 Å². The van der Waals surface area contributed by atoms with Crippen LogP contribution in [0.2, 0.25) is 5.02 Å². The Labute approximate surface area is 109 Å². The van der Waals surface area contributed by atoms with Crippen LogP contribution in [0.3, 0.4) is 0 Å². The Morgan fingerprint density at radius 1 is 1.11 bits per heavy atom. The van der Waals surface area contributed by atoms with Gasteiger partial charge in [-0.1, -0.05) is 29.8 Å². The average molecular weight is 265 g/mol. The van der Waals surface area contributed by atoms with E-state index in [0.29, 0.717) is 22.1 Å². The molecule has 2 aromatic carbocycles. The monoisotopic (exact) mass is 264 g/mol. The van der Waals surface area contributed by atoms with Crippen LogP contribution in [0, 0.1) is 5.82 Å². The second-order valence-electron chi connectivity index (χ2n) is 4.03. The van der Waals surface area contributed by atoms with Gasteiger partial charge >= 0.3 is 0 Å². The van der Waals surface area contributed by atoms with E-state index in [2.05, 4.69) is 0 Å². The van der Waals surface area contributed by atoms with Crippen LogP contribution in [0.15, 0.2) is 42.5 Å². The summed E-state index contributed by atoms with van der Waals surface area (Å²) in [5, 5.41) is 0.369. The zero-order valence-corrected chi connectivity index (χ0v) is 10.2. The van der Waals surface area contributed by atoms with Crippen molar-refractivity contribution < 1.29 is 13.9 Å². The molecule has 0 bridgehead atoms. The lowest BCUT2D eigenvalue weighted by atomic mass is 10.1. The highest BCUT2D eigenvalue weighted by atomic mass is 35.5. The highest BCUT2D eigenvalue weighted by molar-refractivity contribution is 6.30. The number of rotatable bonds is 1. The highest BCUT2D eigenvalue weighted by Crippen LogP contribution is 2.36. The van der Waals surface area contributed by atoms with E-state index in [0.717, 1.165) is 0 Å². The van der Waals surface area contributed by atoms with Crippen molar-refractivity contribution in [2.24, 2.45) is 0 Å². The van der Waals surface area contributed by atoms with Crippen molar-refractivity contribution in [3.63, 3.8) is 0 Å². The molecule has 0 spiro atoms. The van der Waals surface area contributed by atoms with E-state index in [1.807, 2.05) is 18.2 Å². The van der Waals surface area contributed by atoms with Crippen LogP contribution in [-0.4, -0.2) is 6.61 Å².